The summed E-state index contributed by atoms with van der Waals surface area (Å²) < 4.78 is 22.5. The summed E-state index contributed by atoms with van der Waals surface area (Å²) in [6.45, 7) is 2.33. The minimum absolute atomic E-state index is 0.277. The van der Waals surface area contributed by atoms with Crippen molar-refractivity contribution in [2.45, 2.75) is 19.3 Å². The van der Waals surface area contributed by atoms with Crippen LogP contribution in [0.4, 0.5) is 0 Å². The molecule has 0 aliphatic carbocycles. The first-order chi connectivity index (χ1) is 6.64. The number of rotatable bonds is 3. The third-order valence-corrected chi connectivity index (χ3v) is 4.13. The third kappa shape index (κ3) is 4.07. The predicted molar refractivity (Wildman–Crippen MR) is 54.6 cm³/mol. The Labute approximate surface area is 85.4 Å². The molecular formula is C9H16N2O2S. The van der Waals surface area contributed by atoms with Crippen molar-refractivity contribution in [3.63, 3.8) is 0 Å². The van der Waals surface area contributed by atoms with Crippen molar-refractivity contribution in [2.75, 3.05) is 31.1 Å². The Morgan fingerprint density at radius 1 is 1.29 bits per heavy atom. The van der Waals surface area contributed by atoms with E-state index in [9.17, 15) is 8.42 Å². The van der Waals surface area contributed by atoms with E-state index in [1.807, 2.05) is 0 Å². The van der Waals surface area contributed by atoms with Crippen LogP contribution in [0.15, 0.2) is 0 Å². The summed E-state index contributed by atoms with van der Waals surface area (Å²) >= 11 is 0. The molecule has 0 bridgehead atoms. The Kier molecular flexibility index (Phi) is 4.36. The fraction of sp³-hybridized carbons (Fsp3) is 0.889. The van der Waals surface area contributed by atoms with Crippen LogP contribution in [0.1, 0.15) is 19.3 Å². The van der Waals surface area contributed by atoms with Crippen molar-refractivity contribution in [1.82, 2.24) is 4.90 Å². The number of hydrogen-bond donors (Lipinski definition) is 0. The molecule has 0 radical (unpaired) electrons. The first kappa shape index (κ1) is 11.5. The zero-order valence-corrected chi connectivity index (χ0v) is 9.09. The zero-order chi connectivity index (χ0) is 10.4. The molecule has 0 unspecified atom stereocenters. The van der Waals surface area contributed by atoms with Gasteiger partial charge in [-0.2, -0.15) is 5.26 Å². The summed E-state index contributed by atoms with van der Waals surface area (Å²) in [4.78, 5) is 2.14. The van der Waals surface area contributed by atoms with E-state index >= 15 is 0 Å². The van der Waals surface area contributed by atoms with Gasteiger partial charge in [-0.15, -0.1) is 0 Å². The monoisotopic (exact) mass is 216 g/mol. The van der Waals surface area contributed by atoms with E-state index < -0.39 is 9.84 Å². The molecule has 1 fully saturated rings. The quantitative estimate of drug-likeness (QED) is 0.641. The molecule has 1 rings (SSSR count). The smallest absolute Gasteiger partial charge is 0.151 e. The SMILES string of the molecule is N#CCCCN1CCCS(=O)(=O)CC1. The van der Waals surface area contributed by atoms with Gasteiger partial charge in [0.25, 0.3) is 0 Å². The van der Waals surface area contributed by atoms with Gasteiger partial charge in [-0.05, 0) is 25.9 Å². The van der Waals surface area contributed by atoms with Gasteiger partial charge in [0.2, 0.25) is 0 Å². The van der Waals surface area contributed by atoms with Crippen molar-refractivity contribution in [1.29, 1.82) is 5.26 Å². The molecule has 0 amide bonds. The van der Waals surface area contributed by atoms with Gasteiger partial charge in [0.15, 0.2) is 9.84 Å². The Morgan fingerprint density at radius 3 is 2.79 bits per heavy atom. The lowest BCUT2D eigenvalue weighted by atomic mass is 10.3. The fourth-order valence-corrected chi connectivity index (χ4v) is 2.90. The third-order valence-electron chi connectivity index (χ3n) is 2.41. The van der Waals surface area contributed by atoms with Crippen LogP contribution in [-0.4, -0.2) is 44.5 Å². The number of hydrogen-bond acceptors (Lipinski definition) is 4. The highest BCUT2D eigenvalue weighted by molar-refractivity contribution is 7.91. The molecule has 0 N–H and O–H groups in total. The Balaban J connectivity index is 2.32. The second-order valence-corrected chi connectivity index (χ2v) is 5.91. The van der Waals surface area contributed by atoms with Gasteiger partial charge in [0, 0.05) is 13.0 Å². The highest BCUT2D eigenvalue weighted by Crippen LogP contribution is 2.05. The Morgan fingerprint density at radius 2 is 2.07 bits per heavy atom. The summed E-state index contributed by atoms with van der Waals surface area (Å²) in [5.41, 5.74) is 0. The average Bonchev–Trinajstić information content (AvgIpc) is 2.28. The summed E-state index contributed by atoms with van der Waals surface area (Å²) in [7, 11) is -2.79. The first-order valence-electron chi connectivity index (χ1n) is 4.94. The molecule has 1 aliphatic heterocycles. The van der Waals surface area contributed by atoms with E-state index in [2.05, 4.69) is 11.0 Å². The van der Waals surface area contributed by atoms with Crippen LogP contribution in [-0.2, 0) is 9.84 Å². The van der Waals surface area contributed by atoms with Crippen LogP contribution in [0.25, 0.3) is 0 Å². The van der Waals surface area contributed by atoms with E-state index in [0.717, 1.165) is 25.9 Å². The van der Waals surface area contributed by atoms with Gasteiger partial charge in [-0.25, -0.2) is 8.42 Å². The normalized spacial score (nSPS) is 22.5. The highest BCUT2D eigenvalue weighted by Gasteiger charge is 2.18. The Bertz CT molecular complexity index is 305. The standard InChI is InChI=1S/C9H16N2O2S/c10-4-1-2-5-11-6-3-8-14(12,13)9-7-11/h1-3,5-9H2. The van der Waals surface area contributed by atoms with Crippen molar-refractivity contribution in [3.8, 4) is 6.07 Å². The summed E-state index contributed by atoms with van der Waals surface area (Å²) in [5.74, 6) is 0.599. The van der Waals surface area contributed by atoms with Crippen molar-refractivity contribution >= 4 is 9.84 Å². The van der Waals surface area contributed by atoms with Gasteiger partial charge in [0.05, 0.1) is 17.6 Å². The second kappa shape index (κ2) is 5.32. The molecule has 0 spiro atoms. The molecule has 1 aliphatic rings. The lowest BCUT2D eigenvalue weighted by Crippen LogP contribution is -2.28. The van der Waals surface area contributed by atoms with Crippen LogP contribution in [0, 0.1) is 11.3 Å². The van der Waals surface area contributed by atoms with E-state index in [0.29, 0.717) is 18.7 Å². The van der Waals surface area contributed by atoms with E-state index in [-0.39, 0.29) is 5.75 Å². The predicted octanol–water partition coefficient (Wildman–Crippen LogP) is 0.411. The van der Waals surface area contributed by atoms with Crippen molar-refractivity contribution in [3.05, 3.63) is 0 Å². The van der Waals surface area contributed by atoms with Crippen LogP contribution >= 0.6 is 0 Å². The van der Waals surface area contributed by atoms with E-state index in [1.54, 1.807) is 0 Å². The molecule has 0 saturated carbocycles. The van der Waals surface area contributed by atoms with Crippen LogP contribution < -0.4 is 0 Å². The summed E-state index contributed by atoms with van der Waals surface area (Å²) in [6, 6.07) is 2.09. The van der Waals surface area contributed by atoms with Crippen molar-refractivity contribution < 1.29 is 8.42 Å². The highest BCUT2D eigenvalue weighted by atomic mass is 32.2. The summed E-state index contributed by atoms with van der Waals surface area (Å²) in [5, 5.41) is 8.37. The van der Waals surface area contributed by atoms with Gasteiger partial charge in [-0.1, -0.05) is 0 Å². The minimum atomic E-state index is -2.79. The van der Waals surface area contributed by atoms with E-state index in [4.69, 9.17) is 5.26 Å². The van der Waals surface area contributed by atoms with Crippen LogP contribution in [0.2, 0.25) is 0 Å². The lowest BCUT2D eigenvalue weighted by Gasteiger charge is -2.17. The number of nitrogens with zero attached hydrogens (tertiary/aromatic N) is 2. The maximum absolute atomic E-state index is 11.3. The maximum atomic E-state index is 11.3. The topological polar surface area (TPSA) is 61.2 Å². The molecule has 0 aromatic carbocycles. The summed E-state index contributed by atoms with van der Waals surface area (Å²) in [6.07, 6.45) is 2.13. The van der Waals surface area contributed by atoms with Gasteiger partial charge < -0.3 is 4.90 Å². The molecule has 1 saturated heterocycles. The molecule has 80 valence electrons. The maximum Gasteiger partial charge on any atom is 0.151 e. The molecule has 14 heavy (non-hydrogen) atoms. The molecule has 0 atom stereocenters. The lowest BCUT2D eigenvalue weighted by molar-refractivity contribution is 0.293. The van der Waals surface area contributed by atoms with E-state index in [1.165, 1.54) is 0 Å². The molecule has 4 nitrogen and oxygen atoms in total. The average molecular weight is 216 g/mol. The Hall–Kier alpha value is -0.600. The molecule has 0 aromatic heterocycles. The van der Waals surface area contributed by atoms with Gasteiger partial charge in [-0.3, -0.25) is 0 Å². The second-order valence-electron chi connectivity index (χ2n) is 3.61. The number of nitriles is 1. The van der Waals surface area contributed by atoms with Crippen LogP contribution in [0.3, 0.4) is 0 Å². The fourth-order valence-electron chi connectivity index (χ4n) is 1.60. The number of unbranched alkanes of at least 4 members (excludes halogenated alkanes) is 1. The minimum Gasteiger partial charge on any atom is -0.302 e. The molecular weight excluding hydrogens is 200 g/mol. The molecule has 0 aromatic rings. The molecule has 1 heterocycles. The largest absolute Gasteiger partial charge is 0.302 e. The van der Waals surface area contributed by atoms with Crippen molar-refractivity contribution in [2.24, 2.45) is 0 Å². The van der Waals surface area contributed by atoms with Crippen LogP contribution in [0.5, 0.6) is 0 Å². The van der Waals surface area contributed by atoms with Gasteiger partial charge >= 0.3 is 0 Å². The van der Waals surface area contributed by atoms with Gasteiger partial charge in [0.1, 0.15) is 0 Å². The zero-order valence-electron chi connectivity index (χ0n) is 8.28. The first-order valence-corrected chi connectivity index (χ1v) is 6.76. The molecule has 5 heteroatoms. The number of sulfone groups is 1.